The molecule has 1 aliphatic heterocycles. The molecule has 0 aliphatic carbocycles. The average molecular weight is 461 g/mol. The van der Waals surface area contributed by atoms with Gasteiger partial charge in [0.15, 0.2) is 0 Å². The summed E-state index contributed by atoms with van der Waals surface area (Å²) in [6, 6.07) is 16.2. The van der Waals surface area contributed by atoms with Gasteiger partial charge in [0, 0.05) is 36.0 Å². The number of piperidine rings is 1. The molecule has 1 saturated heterocycles. The number of nitrogens with zero attached hydrogens (tertiary/aromatic N) is 2. The van der Waals surface area contributed by atoms with Crippen LogP contribution < -0.4 is 0 Å². The van der Waals surface area contributed by atoms with Crippen LogP contribution in [0.5, 0.6) is 0 Å². The third-order valence-electron chi connectivity index (χ3n) is 6.50. The van der Waals surface area contributed by atoms with Gasteiger partial charge in [-0.15, -0.1) is 0 Å². The van der Waals surface area contributed by atoms with Gasteiger partial charge >= 0.3 is 11.9 Å². The molecule has 1 unspecified atom stereocenters. The van der Waals surface area contributed by atoms with Gasteiger partial charge < -0.3 is 19.7 Å². The summed E-state index contributed by atoms with van der Waals surface area (Å²) < 4.78 is 1.86. The number of rotatable bonds is 6. The van der Waals surface area contributed by atoms with Crippen LogP contribution in [0.3, 0.4) is 0 Å². The van der Waals surface area contributed by atoms with Crippen molar-refractivity contribution >= 4 is 17.8 Å². The molecular formula is C27H28N2O5. The quantitative estimate of drug-likeness (QED) is 0.567. The molecule has 1 aromatic heterocycles. The molecule has 1 atom stereocenters. The Bertz CT molecular complexity index is 1220. The largest absolute Gasteiger partial charge is 0.481 e. The molecule has 2 aromatic carbocycles. The van der Waals surface area contributed by atoms with E-state index in [1.54, 1.807) is 12.1 Å². The first-order chi connectivity index (χ1) is 16.2. The van der Waals surface area contributed by atoms with E-state index < -0.39 is 11.9 Å². The number of aryl methyl sites for hydroxylation is 2. The molecule has 1 fully saturated rings. The van der Waals surface area contributed by atoms with Crippen molar-refractivity contribution in [2.45, 2.75) is 39.0 Å². The predicted molar refractivity (Wildman–Crippen MR) is 128 cm³/mol. The minimum absolute atomic E-state index is 0.00935. The lowest BCUT2D eigenvalue weighted by Crippen LogP contribution is -2.39. The zero-order valence-corrected chi connectivity index (χ0v) is 19.3. The number of hydrogen-bond donors (Lipinski definition) is 2. The molecule has 34 heavy (non-hydrogen) atoms. The number of benzene rings is 2. The van der Waals surface area contributed by atoms with Gasteiger partial charge in [-0.1, -0.05) is 24.3 Å². The Morgan fingerprint density at radius 2 is 1.62 bits per heavy atom. The van der Waals surface area contributed by atoms with Crippen LogP contribution in [0.25, 0.3) is 5.69 Å². The highest BCUT2D eigenvalue weighted by molar-refractivity contribution is 5.98. The minimum atomic E-state index is -1.04. The van der Waals surface area contributed by atoms with Crippen LogP contribution in [-0.4, -0.2) is 50.6 Å². The molecule has 0 radical (unpaired) electrons. The smallest absolute Gasteiger partial charge is 0.337 e. The summed E-state index contributed by atoms with van der Waals surface area (Å²) in [4.78, 5) is 38.0. The van der Waals surface area contributed by atoms with Crippen molar-refractivity contribution in [1.82, 2.24) is 9.47 Å². The molecule has 4 rings (SSSR count). The number of amides is 1. The van der Waals surface area contributed by atoms with E-state index in [0.717, 1.165) is 35.4 Å². The molecule has 2 N–H and O–H groups in total. The predicted octanol–water partition coefficient (Wildman–Crippen LogP) is 4.44. The normalized spacial score (nSPS) is 15.8. The van der Waals surface area contributed by atoms with E-state index in [4.69, 9.17) is 5.11 Å². The van der Waals surface area contributed by atoms with E-state index in [-0.39, 0.29) is 23.8 Å². The number of aromatic nitrogens is 1. The van der Waals surface area contributed by atoms with Crippen LogP contribution in [0, 0.1) is 13.8 Å². The van der Waals surface area contributed by atoms with Gasteiger partial charge in [-0.2, -0.15) is 0 Å². The van der Waals surface area contributed by atoms with Crippen molar-refractivity contribution in [2.24, 2.45) is 0 Å². The van der Waals surface area contributed by atoms with Gasteiger partial charge in [-0.3, -0.25) is 9.59 Å². The highest BCUT2D eigenvalue weighted by Gasteiger charge is 2.27. The Morgan fingerprint density at radius 1 is 0.941 bits per heavy atom. The van der Waals surface area contributed by atoms with Gasteiger partial charge in [0.25, 0.3) is 5.91 Å². The first-order valence-electron chi connectivity index (χ1n) is 11.4. The van der Waals surface area contributed by atoms with Crippen molar-refractivity contribution in [3.8, 4) is 5.69 Å². The maximum Gasteiger partial charge on any atom is 0.337 e. The molecule has 1 aliphatic rings. The van der Waals surface area contributed by atoms with E-state index >= 15 is 0 Å². The molecular weight excluding hydrogens is 432 g/mol. The fourth-order valence-electron chi connectivity index (χ4n) is 4.78. The van der Waals surface area contributed by atoms with E-state index in [1.807, 2.05) is 59.7 Å². The third-order valence-corrected chi connectivity index (χ3v) is 6.50. The fourth-order valence-corrected chi connectivity index (χ4v) is 4.78. The van der Waals surface area contributed by atoms with Crippen molar-refractivity contribution < 1.29 is 24.6 Å². The summed E-state index contributed by atoms with van der Waals surface area (Å²) in [6.07, 6.45) is 1.81. The second-order valence-electron chi connectivity index (χ2n) is 8.89. The Balaban J connectivity index is 1.58. The molecule has 0 bridgehead atoms. The van der Waals surface area contributed by atoms with Crippen LogP contribution in [0.1, 0.15) is 62.0 Å². The maximum absolute atomic E-state index is 13.4. The SMILES string of the molecule is Cc1ccc(C)n1-c1cc(C(=O)N2CCCC(c3ccc(CC(=O)O)cc3)C2)ccc1C(=O)O. The summed E-state index contributed by atoms with van der Waals surface area (Å²) in [5, 5.41) is 18.7. The molecule has 7 nitrogen and oxygen atoms in total. The monoisotopic (exact) mass is 460 g/mol. The first kappa shape index (κ1) is 23.3. The van der Waals surface area contributed by atoms with Crippen molar-refractivity contribution in [3.05, 3.63) is 88.2 Å². The van der Waals surface area contributed by atoms with Gasteiger partial charge in [-0.25, -0.2) is 4.79 Å². The third kappa shape index (κ3) is 4.73. The van der Waals surface area contributed by atoms with Crippen LogP contribution in [-0.2, 0) is 11.2 Å². The average Bonchev–Trinajstić information content (AvgIpc) is 3.16. The summed E-state index contributed by atoms with van der Waals surface area (Å²) in [5.74, 6) is -1.84. The van der Waals surface area contributed by atoms with Crippen LogP contribution in [0.4, 0.5) is 0 Å². The summed E-state index contributed by atoms with van der Waals surface area (Å²) in [6.45, 7) is 5.02. The van der Waals surface area contributed by atoms with Crippen LogP contribution in [0.15, 0.2) is 54.6 Å². The highest BCUT2D eigenvalue weighted by atomic mass is 16.4. The van der Waals surface area contributed by atoms with Crippen LogP contribution >= 0.6 is 0 Å². The molecule has 176 valence electrons. The van der Waals surface area contributed by atoms with Crippen LogP contribution in [0.2, 0.25) is 0 Å². The second kappa shape index (κ2) is 9.55. The van der Waals surface area contributed by atoms with Gasteiger partial charge in [0.1, 0.15) is 0 Å². The number of carbonyl (C=O) groups is 3. The Kier molecular flexibility index (Phi) is 6.54. The molecule has 2 heterocycles. The minimum Gasteiger partial charge on any atom is -0.481 e. The van der Waals surface area contributed by atoms with E-state index in [9.17, 15) is 19.5 Å². The zero-order chi connectivity index (χ0) is 24.4. The molecule has 0 spiro atoms. The lowest BCUT2D eigenvalue weighted by atomic mass is 9.89. The molecule has 1 amide bonds. The maximum atomic E-state index is 13.4. The van der Waals surface area contributed by atoms with E-state index in [2.05, 4.69) is 0 Å². The van der Waals surface area contributed by atoms with Gasteiger partial charge in [0.05, 0.1) is 17.7 Å². The van der Waals surface area contributed by atoms with E-state index in [1.165, 1.54) is 6.07 Å². The second-order valence-corrected chi connectivity index (χ2v) is 8.89. The highest BCUT2D eigenvalue weighted by Crippen LogP contribution is 2.29. The topological polar surface area (TPSA) is 99.8 Å². The number of carboxylic acid groups (broad SMARTS) is 2. The number of hydrogen-bond acceptors (Lipinski definition) is 3. The lowest BCUT2D eigenvalue weighted by molar-refractivity contribution is -0.136. The van der Waals surface area contributed by atoms with Crippen molar-refractivity contribution in [2.75, 3.05) is 13.1 Å². The number of aromatic carboxylic acids is 1. The fraction of sp³-hybridized carbons (Fsp3) is 0.296. The summed E-state index contributed by atoms with van der Waals surface area (Å²) in [7, 11) is 0. The number of aliphatic carboxylic acids is 1. The number of likely N-dealkylation sites (tertiary alicyclic amines) is 1. The lowest BCUT2D eigenvalue weighted by Gasteiger charge is -2.33. The zero-order valence-electron chi connectivity index (χ0n) is 19.3. The number of carbonyl (C=O) groups excluding carboxylic acids is 1. The Labute approximate surface area is 198 Å². The molecule has 3 aromatic rings. The molecule has 7 heteroatoms. The van der Waals surface area contributed by atoms with Crippen molar-refractivity contribution in [1.29, 1.82) is 0 Å². The van der Waals surface area contributed by atoms with Gasteiger partial charge in [0.2, 0.25) is 0 Å². The first-order valence-corrected chi connectivity index (χ1v) is 11.4. The Morgan fingerprint density at radius 3 is 2.24 bits per heavy atom. The molecule has 0 saturated carbocycles. The standard InChI is InChI=1S/C27H28N2O5/c1-17-5-6-18(2)29(17)24-15-21(11-12-23(24)27(33)34)26(32)28-13-3-4-22(16-28)20-9-7-19(8-10-20)14-25(30)31/h5-12,15,22H,3-4,13-14,16H2,1-2H3,(H,30,31)(H,33,34). The number of carboxylic acids is 2. The summed E-state index contributed by atoms with van der Waals surface area (Å²) >= 11 is 0. The summed E-state index contributed by atoms with van der Waals surface area (Å²) in [5.41, 5.74) is 4.74. The Hall–Kier alpha value is -3.87. The van der Waals surface area contributed by atoms with E-state index in [0.29, 0.717) is 24.3 Å². The van der Waals surface area contributed by atoms with Crippen molar-refractivity contribution in [3.63, 3.8) is 0 Å². The van der Waals surface area contributed by atoms with Gasteiger partial charge in [-0.05, 0) is 68.1 Å².